The fourth-order valence-corrected chi connectivity index (χ4v) is 1.86. The largest absolute Gasteiger partial charge is 0.480 e. The number of aliphatic hydroxyl groups is 1. The Morgan fingerprint density at radius 2 is 2.11 bits per heavy atom. The van der Waals surface area contributed by atoms with Crippen molar-refractivity contribution in [2.75, 3.05) is 7.11 Å². The molecular weight excluding hydrogens is 232 g/mol. The highest BCUT2D eigenvalue weighted by molar-refractivity contribution is 5.28. The van der Waals surface area contributed by atoms with E-state index in [2.05, 4.69) is 15.1 Å². The molecule has 0 amide bonds. The molecule has 0 saturated heterocycles. The maximum absolute atomic E-state index is 10.4. The minimum atomic E-state index is -0.894. The molecule has 1 atom stereocenters. The summed E-state index contributed by atoms with van der Waals surface area (Å²) in [7, 11) is 1.50. The summed E-state index contributed by atoms with van der Waals surface area (Å²) < 4.78 is 6.85. The van der Waals surface area contributed by atoms with Gasteiger partial charge in [-0.3, -0.25) is 9.67 Å². The number of hydrogen-bond acceptors (Lipinski definition) is 5. The van der Waals surface area contributed by atoms with Crippen LogP contribution in [-0.4, -0.2) is 32.0 Å². The summed E-state index contributed by atoms with van der Waals surface area (Å²) in [6.07, 6.45) is 2.16. The van der Waals surface area contributed by atoms with Gasteiger partial charge in [0, 0.05) is 18.9 Å². The topological polar surface area (TPSA) is 73.1 Å². The minimum absolute atomic E-state index is 0.325. The molecule has 0 spiro atoms. The molecule has 0 aromatic carbocycles. The van der Waals surface area contributed by atoms with E-state index in [0.717, 1.165) is 5.69 Å². The highest BCUT2D eigenvalue weighted by atomic mass is 16.5. The summed E-state index contributed by atoms with van der Waals surface area (Å²) in [5.74, 6) is 0.325. The SMILES string of the molecule is CCn1nc(C)cc1C(O)c1nccnc1OC. The molecule has 0 aliphatic heterocycles. The van der Waals surface area contributed by atoms with Crippen molar-refractivity contribution in [2.45, 2.75) is 26.5 Å². The molecule has 2 aromatic rings. The average Bonchev–Trinajstić information content (AvgIpc) is 2.79. The van der Waals surface area contributed by atoms with E-state index >= 15 is 0 Å². The molecule has 0 aliphatic rings. The quantitative estimate of drug-likeness (QED) is 0.876. The van der Waals surface area contributed by atoms with Gasteiger partial charge in [-0.15, -0.1) is 0 Å². The molecule has 2 heterocycles. The third kappa shape index (κ3) is 2.19. The van der Waals surface area contributed by atoms with Crippen molar-refractivity contribution in [3.63, 3.8) is 0 Å². The van der Waals surface area contributed by atoms with Gasteiger partial charge in [0.25, 0.3) is 0 Å². The van der Waals surface area contributed by atoms with Gasteiger partial charge in [0.1, 0.15) is 11.8 Å². The summed E-state index contributed by atoms with van der Waals surface area (Å²) in [5, 5.41) is 14.7. The zero-order valence-corrected chi connectivity index (χ0v) is 10.7. The molecule has 6 heteroatoms. The molecule has 6 nitrogen and oxygen atoms in total. The molecular formula is C12H16N4O2. The minimum Gasteiger partial charge on any atom is -0.480 e. The lowest BCUT2D eigenvalue weighted by molar-refractivity contribution is 0.196. The van der Waals surface area contributed by atoms with Gasteiger partial charge in [0.2, 0.25) is 5.88 Å². The van der Waals surface area contributed by atoms with Crippen LogP contribution in [0, 0.1) is 6.92 Å². The first-order valence-corrected chi connectivity index (χ1v) is 5.74. The van der Waals surface area contributed by atoms with Crippen LogP contribution in [0.4, 0.5) is 0 Å². The van der Waals surface area contributed by atoms with E-state index in [4.69, 9.17) is 4.74 Å². The molecule has 0 bridgehead atoms. The van der Waals surface area contributed by atoms with E-state index in [-0.39, 0.29) is 0 Å². The molecule has 0 radical (unpaired) electrons. The van der Waals surface area contributed by atoms with Gasteiger partial charge < -0.3 is 9.84 Å². The number of methoxy groups -OCH3 is 1. The Balaban J connectivity index is 2.44. The van der Waals surface area contributed by atoms with Crippen molar-refractivity contribution >= 4 is 0 Å². The van der Waals surface area contributed by atoms with Crippen LogP contribution in [0.3, 0.4) is 0 Å². The number of rotatable bonds is 4. The Kier molecular flexibility index (Phi) is 3.57. The third-order valence-corrected chi connectivity index (χ3v) is 2.66. The number of ether oxygens (including phenoxy) is 1. The van der Waals surface area contributed by atoms with Crippen LogP contribution >= 0.6 is 0 Å². The lowest BCUT2D eigenvalue weighted by atomic mass is 10.1. The summed E-state index contributed by atoms with van der Waals surface area (Å²) in [6.45, 7) is 4.54. The number of hydrogen-bond donors (Lipinski definition) is 1. The van der Waals surface area contributed by atoms with Gasteiger partial charge in [0.05, 0.1) is 18.5 Å². The van der Waals surface area contributed by atoms with Crippen LogP contribution in [0.1, 0.15) is 30.1 Å². The lowest BCUT2D eigenvalue weighted by Gasteiger charge is -2.13. The smallest absolute Gasteiger partial charge is 0.238 e. The Morgan fingerprint density at radius 3 is 2.78 bits per heavy atom. The molecule has 96 valence electrons. The van der Waals surface area contributed by atoms with Crippen LogP contribution in [-0.2, 0) is 6.54 Å². The zero-order valence-electron chi connectivity index (χ0n) is 10.7. The van der Waals surface area contributed by atoms with Crippen LogP contribution in [0.2, 0.25) is 0 Å². The number of nitrogens with zero attached hydrogens (tertiary/aromatic N) is 4. The second-order valence-electron chi connectivity index (χ2n) is 3.88. The molecule has 0 fully saturated rings. The first kappa shape index (κ1) is 12.5. The van der Waals surface area contributed by atoms with E-state index in [1.807, 2.05) is 19.9 Å². The summed E-state index contributed by atoms with van der Waals surface area (Å²) in [5.41, 5.74) is 1.94. The van der Waals surface area contributed by atoms with Gasteiger partial charge in [-0.25, -0.2) is 4.98 Å². The monoisotopic (exact) mass is 248 g/mol. The normalized spacial score (nSPS) is 12.4. The first-order valence-electron chi connectivity index (χ1n) is 5.74. The van der Waals surface area contributed by atoms with Crippen LogP contribution < -0.4 is 4.74 Å². The molecule has 2 aromatic heterocycles. The molecule has 18 heavy (non-hydrogen) atoms. The molecule has 2 rings (SSSR count). The number of aryl methyl sites for hydroxylation is 2. The van der Waals surface area contributed by atoms with E-state index in [1.165, 1.54) is 19.5 Å². The van der Waals surface area contributed by atoms with Crippen LogP contribution in [0.5, 0.6) is 5.88 Å². The van der Waals surface area contributed by atoms with E-state index in [0.29, 0.717) is 23.8 Å². The molecule has 0 aliphatic carbocycles. The maximum atomic E-state index is 10.4. The Morgan fingerprint density at radius 1 is 1.39 bits per heavy atom. The number of aromatic nitrogens is 4. The molecule has 1 N–H and O–H groups in total. The van der Waals surface area contributed by atoms with Gasteiger partial charge in [-0.1, -0.05) is 0 Å². The van der Waals surface area contributed by atoms with Crippen molar-refractivity contribution < 1.29 is 9.84 Å². The van der Waals surface area contributed by atoms with E-state index in [9.17, 15) is 5.11 Å². The van der Waals surface area contributed by atoms with Gasteiger partial charge in [-0.2, -0.15) is 5.10 Å². The highest BCUT2D eigenvalue weighted by Gasteiger charge is 2.21. The second kappa shape index (κ2) is 5.14. The average molecular weight is 248 g/mol. The summed E-state index contributed by atoms with van der Waals surface area (Å²) >= 11 is 0. The van der Waals surface area contributed by atoms with Crippen LogP contribution in [0.25, 0.3) is 0 Å². The van der Waals surface area contributed by atoms with Gasteiger partial charge >= 0.3 is 0 Å². The fourth-order valence-electron chi connectivity index (χ4n) is 1.86. The van der Waals surface area contributed by atoms with Crippen molar-refractivity contribution in [2.24, 2.45) is 0 Å². The van der Waals surface area contributed by atoms with Crippen molar-refractivity contribution in [3.05, 3.63) is 35.5 Å². The van der Waals surface area contributed by atoms with Gasteiger partial charge in [-0.05, 0) is 19.9 Å². The first-order chi connectivity index (χ1) is 8.67. The Hall–Kier alpha value is -1.95. The Labute approximate surface area is 105 Å². The molecule has 0 saturated carbocycles. The molecule has 1 unspecified atom stereocenters. The fraction of sp³-hybridized carbons (Fsp3) is 0.417. The predicted molar refractivity (Wildman–Crippen MR) is 65.3 cm³/mol. The summed E-state index contributed by atoms with van der Waals surface area (Å²) in [4.78, 5) is 8.16. The summed E-state index contributed by atoms with van der Waals surface area (Å²) in [6, 6.07) is 1.84. The van der Waals surface area contributed by atoms with Crippen LogP contribution in [0.15, 0.2) is 18.5 Å². The highest BCUT2D eigenvalue weighted by Crippen LogP contribution is 2.26. The van der Waals surface area contributed by atoms with Crippen molar-refractivity contribution in [1.29, 1.82) is 0 Å². The van der Waals surface area contributed by atoms with E-state index < -0.39 is 6.10 Å². The predicted octanol–water partition coefficient (Wildman–Crippen LogP) is 1.09. The zero-order chi connectivity index (χ0) is 13.1. The number of aliphatic hydroxyl groups excluding tert-OH is 1. The van der Waals surface area contributed by atoms with Gasteiger partial charge in [0.15, 0.2) is 0 Å². The lowest BCUT2D eigenvalue weighted by Crippen LogP contribution is -2.12. The third-order valence-electron chi connectivity index (χ3n) is 2.66. The Bertz CT molecular complexity index is 539. The van der Waals surface area contributed by atoms with Crippen molar-refractivity contribution in [1.82, 2.24) is 19.7 Å². The van der Waals surface area contributed by atoms with E-state index in [1.54, 1.807) is 4.68 Å². The second-order valence-corrected chi connectivity index (χ2v) is 3.88. The van der Waals surface area contributed by atoms with Crippen molar-refractivity contribution in [3.8, 4) is 5.88 Å². The maximum Gasteiger partial charge on any atom is 0.238 e. The standard InChI is InChI=1S/C12H16N4O2/c1-4-16-9(7-8(2)15-16)11(17)10-12(18-3)14-6-5-13-10/h5-7,11,17H,4H2,1-3H3.